The van der Waals surface area contributed by atoms with Gasteiger partial charge in [0.1, 0.15) is 0 Å². The lowest BCUT2D eigenvalue weighted by molar-refractivity contribution is -0.0298. The fourth-order valence-corrected chi connectivity index (χ4v) is 4.22. The van der Waals surface area contributed by atoms with Gasteiger partial charge in [-0.05, 0) is 49.7 Å². The lowest BCUT2D eigenvalue weighted by atomic mass is 10.1. The van der Waals surface area contributed by atoms with Crippen LogP contribution in [-0.2, 0) is 15.9 Å². The summed E-state index contributed by atoms with van der Waals surface area (Å²) < 4.78 is 11.3. The molecule has 1 heterocycles. The number of hydrogen-bond acceptors (Lipinski definition) is 4. The van der Waals surface area contributed by atoms with Crippen LogP contribution < -0.4 is 0 Å². The van der Waals surface area contributed by atoms with Crippen molar-refractivity contribution in [3.63, 3.8) is 0 Å². The molecule has 2 fully saturated rings. The Morgan fingerprint density at radius 3 is 2.88 bits per heavy atom. The maximum atomic E-state index is 10.5. The molecule has 3 aliphatic rings. The van der Waals surface area contributed by atoms with Gasteiger partial charge in [-0.3, -0.25) is 4.90 Å². The number of nitrogens with zero attached hydrogens (tertiary/aromatic N) is 1. The summed E-state index contributed by atoms with van der Waals surface area (Å²) in [5, 5.41) is 10.5. The third-order valence-electron chi connectivity index (χ3n) is 5.58. The lowest BCUT2D eigenvalue weighted by Gasteiger charge is -2.31. The van der Waals surface area contributed by atoms with E-state index in [1.165, 1.54) is 30.4 Å². The van der Waals surface area contributed by atoms with E-state index in [4.69, 9.17) is 9.47 Å². The minimum Gasteiger partial charge on any atom is -0.389 e. The van der Waals surface area contributed by atoms with E-state index in [2.05, 4.69) is 29.2 Å². The van der Waals surface area contributed by atoms with Crippen molar-refractivity contribution in [3.05, 3.63) is 35.4 Å². The maximum Gasteiger partial charge on any atom is 0.0900 e. The molecule has 4 heteroatoms. The molecular formula is C20H29NO3. The molecule has 3 unspecified atom stereocenters. The molecule has 4 nitrogen and oxygen atoms in total. The molecule has 1 aromatic rings. The first kappa shape index (κ1) is 16.5. The molecule has 0 radical (unpaired) electrons. The third-order valence-corrected chi connectivity index (χ3v) is 5.58. The second-order valence-electron chi connectivity index (χ2n) is 7.51. The van der Waals surface area contributed by atoms with Gasteiger partial charge in [0, 0.05) is 25.2 Å². The molecule has 24 heavy (non-hydrogen) atoms. The van der Waals surface area contributed by atoms with Crippen molar-refractivity contribution in [2.24, 2.45) is 0 Å². The Morgan fingerprint density at radius 1 is 1.21 bits per heavy atom. The standard InChI is InChI=1S/C20H29NO3/c22-17(13-23-14-18-5-3-11-24-18)12-21(16-8-9-16)20-10-7-15-4-1-2-6-19(15)20/h1-2,4,6,16-18,20,22H,3,5,7-14H2. The number of benzene rings is 1. The van der Waals surface area contributed by atoms with Gasteiger partial charge in [-0.15, -0.1) is 0 Å². The summed E-state index contributed by atoms with van der Waals surface area (Å²) >= 11 is 0. The molecule has 1 aliphatic heterocycles. The van der Waals surface area contributed by atoms with Gasteiger partial charge in [0.25, 0.3) is 0 Å². The third kappa shape index (κ3) is 3.83. The number of aryl methyl sites for hydroxylation is 1. The van der Waals surface area contributed by atoms with Crippen LogP contribution in [-0.4, -0.2) is 54.6 Å². The van der Waals surface area contributed by atoms with Gasteiger partial charge in [-0.1, -0.05) is 24.3 Å². The Hall–Kier alpha value is -0.940. The number of fused-ring (bicyclic) bond motifs is 1. The number of aliphatic hydroxyl groups is 1. The molecule has 132 valence electrons. The molecule has 0 aromatic heterocycles. The molecule has 0 bridgehead atoms. The van der Waals surface area contributed by atoms with Gasteiger partial charge in [0.15, 0.2) is 0 Å². The summed E-state index contributed by atoms with van der Waals surface area (Å²) in [5.74, 6) is 0. The van der Waals surface area contributed by atoms with E-state index < -0.39 is 6.10 Å². The molecule has 1 saturated carbocycles. The van der Waals surface area contributed by atoms with Gasteiger partial charge >= 0.3 is 0 Å². The fraction of sp³-hybridized carbons (Fsp3) is 0.700. The van der Waals surface area contributed by atoms with E-state index in [0.717, 1.165) is 32.4 Å². The Morgan fingerprint density at radius 2 is 2.08 bits per heavy atom. The Kier molecular flexibility index (Phi) is 5.18. The zero-order valence-corrected chi connectivity index (χ0v) is 14.4. The predicted molar refractivity (Wildman–Crippen MR) is 93.0 cm³/mol. The average Bonchev–Trinajstić information content (AvgIpc) is 3.14. The topological polar surface area (TPSA) is 41.9 Å². The average molecular weight is 331 g/mol. The highest BCUT2D eigenvalue weighted by Gasteiger charge is 2.38. The van der Waals surface area contributed by atoms with Crippen LogP contribution in [0, 0.1) is 0 Å². The van der Waals surface area contributed by atoms with Crippen molar-refractivity contribution >= 4 is 0 Å². The van der Waals surface area contributed by atoms with Crippen molar-refractivity contribution in [2.45, 2.75) is 62.8 Å². The summed E-state index contributed by atoms with van der Waals surface area (Å²) in [6.07, 6.45) is 6.91. The van der Waals surface area contributed by atoms with Crippen molar-refractivity contribution in [2.75, 3.05) is 26.4 Å². The molecule has 1 aromatic carbocycles. The van der Waals surface area contributed by atoms with Gasteiger partial charge in [0.2, 0.25) is 0 Å². The molecule has 0 spiro atoms. The summed E-state index contributed by atoms with van der Waals surface area (Å²) in [6, 6.07) is 9.92. The van der Waals surface area contributed by atoms with Crippen molar-refractivity contribution in [1.82, 2.24) is 4.90 Å². The monoisotopic (exact) mass is 331 g/mol. The van der Waals surface area contributed by atoms with Crippen molar-refractivity contribution in [3.8, 4) is 0 Å². The van der Waals surface area contributed by atoms with Crippen LogP contribution >= 0.6 is 0 Å². The molecule has 2 aliphatic carbocycles. The van der Waals surface area contributed by atoms with Crippen LogP contribution in [0.5, 0.6) is 0 Å². The van der Waals surface area contributed by atoms with Gasteiger partial charge in [0.05, 0.1) is 25.4 Å². The van der Waals surface area contributed by atoms with Gasteiger partial charge in [-0.25, -0.2) is 0 Å². The largest absolute Gasteiger partial charge is 0.389 e. The first-order valence-electron chi connectivity index (χ1n) is 9.52. The molecule has 1 saturated heterocycles. The minimum absolute atomic E-state index is 0.235. The first-order valence-corrected chi connectivity index (χ1v) is 9.52. The van der Waals surface area contributed by atoms with Gasteiger partial charge < -0.3 is 14.6 Å². The van der Waals surface area contributed by atoms with E-state index in [1.807, 2.05) is 0 Å². The van der Waals surface area contributed by atoms with E-state index in [-0.39, 0.29) is 6.10 Å². The number of hydrogen-bond donors (Lipinski definition) is 1. The quantitative estimate of drug-likeness (QED) is 0.795. The minimum atomic E-state index is -0.417. The van der Waals surface area contributed by atoms with Crippen molar-refractivity contribution < 1.29 is 14.6 Å². The smallest absolute Gasteiger partial charge is 0.0900 e. The summed E-state index contributed by atoms with van der Waals surface area (Å²) in [7, 11) is 0. The Labute approximate surface area is 144 Å². The van der Waals surface area contributed by atoms with Crippen LogP contribution in [0.2, 0.25) is 0 Å². The van der Waals surface area contributed by atoms with E-state index in [0.29, 0.717) is 25.3 Å². The summed E-state index contributed by atoms with van der Waals surface area (Å²) in [5.41, 5.74) is 2.95. The SMILES string of the molecule is OC(COCC1CCCO1)CN(C1CC1)C1CCc2ccccc21. The zero-order valence-electron chi connectivity index (χ0n) is 14.4. The van der Waals surface area contributed by atoms with E-state index in [1.54, 1.807) is 0 Å². The van der Waals surface area contributed by atoms with Crippen LogP contribution in [0.3, 0.4) is 0 Å². The van der Waals surface area contributed by atoms with E-state index >= 15 is 0 Å². The van der Waals surface area contributed by atoms with Gasteiger partial charge in [-0.2, -0.15) is 0 Å². The molecule has 4 rings (SSSR count). The lowest BCUT2D eigenvalue weighted by Crippen LogP contribution is -2.38. The first-order chi connectivity index (χ1) is 11.8. The van der Waals surface area contributed by atoms with Crippen LogP contribution in [0.15, 0.2) is 24.3 Å². The number of rotatable bonds is 8. The second kappa shape index (κ2) is 7.52. The maximum absolute atomic E-state index is 10.5. The number of aliphatic hydroxyl groups excluding tert-OH is 1. The highest BCUT2D eigenvalue weighted by molar-refractivity contribution is 5.34. The second-order valence-corrected chi connectivity index (χ2v) is 7.51. The molecular weight excluding hydrogens is 302 g/mol. The zero-order chi connectivity index (χ0) is 16.4. The highest BCUT2D eigenvalue weighted by Crippen LogP contribution is 2.41. The van der Waals surface area contributed by atoms with E-state index in [9.17, 15) is 5.11 Å². The normalized spacial score (nSPS) is 27.6. The summed E-state index contributed by atoms with van der Waals surface area (Å²) in [4.78, 5) is 2.53. The Bertz CT molecular complexity index is 539. The van der Waals surface area contributed by atoms with Crippen molar-refractivity contribution in [1.29, 1.82) is 0 Å². The summed E-state index contributed by atoms with van der Waals surface area (Å²) in [6.45, 7) is 2.60. The molecule has 3 atom stereocenters. The fourth-order valence-electron chi connectivity index (χ4n) is 4.22. The Balaban J connectivity index is 1.31. The number of ether oxygens (including phenoxy) is 2. The molecule has 1 N–H and O–H groups in total. The van der Waals surface area contributed by atoms with Crippen LogP contribution in [0.4, 0.5) is 0 Å². The predicted octanol–water partition coefficient (Wildman–Crippen LogP) is 2.69. The molecule has 0 amide bonds. The highest BCUT2D eigenvalue weighted by atomic mass is 16.5. The van der Waals surface area contributed by atoms with Crippen LogP contribution in [0.25, 0.3) is 0 Å². The van der Waals surface area contributed by atoms with Crippen LogP contribution in [0.1, 0.15) is 49.3 Å².